The molecule has 0 aromatic heterocycles. The van der Waals surface area contributed by atoms with Gasteiger partial charge in [0, 0.05) is 18.1 Å². The minimum Gasteiger partial charge on any atom is -0.495 e. The molecule has 1 aliphatic heterocycles. The number of amides is 1. The van der Waals surface area contributed by atoms with E-state index >= 15 is 0 Å². The summed E-state index contributed by atoms with van der Waals surface area (Å²) in [4.78, 5) is 14.7. The third-order valence-electron chi connectivity index (χ3n) is 4.66. The highest BCUT2D eigenvalue weighted by molar-refractivity contribution is 7.89. The Hall–Kier alpha value is -2.09. The maximum absolute atomic E-state index is 13.0. The Labute approximate surface area is 164 Å². The maximum Gasteiger partial charge on any atom is 0.245 e. The molecule has 1 aliphatic rings. The van der Waals surface area contributed by atoms with Crippen LogP contribution in [0.15, 0.2) is 47.4 Å². The number of piperazine rings is 1. The molecule has 2 aromatic carbocycles. The first-order valence-corrected chi connectivity index (χ1v) is 10.3. The third kappa shape index (κ3) is 3.67. The number of hydrogen-bond acceptors (Lipinski definition) is 4. The molecule has 1 fully saturated rings. The monoisotopic (exact) mass is 408 g/mol. The Balaban J connectivity index is 1.91. The number of anilines is 1. The van der Waals surface area contributed by atoms with Gasteiger partial charge in [-0.2, -0.15) is 4.31 Å². The molecule has 27 heavy (non-hydrogen) atoms. The molecule has 0 N–H and O–H groups in total. The van der Waals surface area contributed by atoms with E-state index in [0.717, 1.165) is 5.56 Å². The Kier molecular flexibility index (Phi) is 5.46. The van der Waals surface area contributed by atoms with E-state index in [9.17, 15) is 13.2 Å². The van der Waals surface area contributed by atoms with Crippen molar-refractivity contribution in [3.05, 3.63) is 53.1 Å². The van der Waals surface area contributed by atoms with Gasteiger partial charge in [0.05, 0.1) is 17.7 Å². The number of rotatable bonds is 4. The van der Waals surface area contributed by atoms with Gasteiger partial charge in [-0.25, -0.2) is 8.42 Å². The van der Waals surface area contributed by atoms with Gasteiger partial charge in [-0.1, -0.05) is 29.3 Å². The molecule has 3 rings (SSSR count). The van der Waals surface area contributed by atoms with Gasteiger partial charge < -0.3 is 9.64 Å². The predicted octanol–water partition coefficient (Wildman–Crippen LogP) is 3.08. The molecular weight excluding hydrogens is 388 g/mol. The largest absolute Gasteiger partial charge is 0.495 e. The SMILES string of the molecule is COc1ccc(Cl)cc1N1CCN(S(=O)(=O)c2ccc(C)cc2)C(C)C1=O. The molecule has 144 valence electrons. The molecule has 0 aliphatic carbocycles. The van der Waals surface area contributed by atoms with Gasteiger partial charge in [0.25, 0.3) is 0 Å². The van der Waals surface area contributed by atoms with Crippen LogP contribution < -0.4 is 9.64 Å². The van der Waals surface area contributed by atoms with E-state index in [1.807, 2.05) is 6.92 Å². The zero-order valence-electron chi connectivity index (χ0n) is 15.3. The second kappa shape index (κ2) is 7.50. The summed E-state index contributed by atoms with van der Waals surface area (Å²) in [5.41, 5.74) is 1.50. The summed E-state index contributed by atoms with van der Waals surface area (Å²) in [6.07, 6.45) is 0. The highest BCUT2D eigenvalue weighted by atomic mass is 35.5. The van der Waals surface area contributed by atoms with Crippen molar-refractivity contribution in [2.75, 3.05) is 25.1 Å². The topological polar surface area (TPSA) is 66.9 Å². The number of aryl methyl sites for hydroxylation is 1. The summed E-state index contributed by atoms with van der Waals surface area (Å²) in [5, 5.41) is 0.473. The summed E-state index contributed by atoms with van der Waals surface area (Å²) in [6, 6.07) is 10.8. The lowest BCUT2D eigenvalue weighted by atomic mass is 10.1. The molecule has 8 heteroatoms. The molecule has 0 spiro atoms. The number of nitrogens with zero attached hydrogens (tertiary/aromatic N) is 2. The van der Waals surface area contributed by atoms with Gasteiger partial charge in [0.15, 0.2) is 0 Å². The molecule has 1 atom stereocenters. The van der Waals surface area contributed by atoms with Gasteiger partial charge in [0.1, 0.15) is 11.8 Å². The van der Waals surface area contributed by atoms with Crippen LogP contribution in [-0.2, 0) is 14.8 Å². The van der Waals surface area contributed by atoms with Crippen molar-refractivity contribution >= 4 is 33.2 Å². The molecular formula is C19H21ClN2O4S. The van der Waals surface area contributed by atoms with Crippen LogP contribution in [0.4, 0.5) is 5.69 Å². The van der Waals surface area contributed by atoms with Crippen molar-refractivity contribution in [2.45, 2.75) is 24.8 Å². The van der Waals surface area contributed by atoms with Crippen molar-refractivity contribution < 1.29 is 17.9 Å². The summed E-state index contributed by atoms with van der Waals surface area (Å²) in [7, 11) is -2.25. The standard InChI is InChI=1S/C19H21ClN2O4S/c1-13-4-7-16(8-5-13)27(24,25)22-11-10-21(19(23)14(22)2)17-12-15(20)6-9-18(17)26-3/h4-9,12,14H,10-11H2,1-3H3. The molecule has 2 aromatic rings. The summed E-state index contributed by atoms with van der Waals surface area (Å²) in [6.45, 7) is 3.88. The van der Waals surface area contributed by atoms with Gasteiger partial charge in [0.2, 0.25) is 15.9 Å². The van der Waals surface area contributed by atoms with Crippen LogP contribution in [-0.4, -0.2) is 44.9 Å². The third-order valence-corrected chi connectivity index (χ3v) is 6.88. The van der Waals surface area contributed by atoms with Crippen molar-refractivity contribution in [3.63, 3.8) is 0 Å². The minimum absolute atomic E-state index is 0.179. The summed E-state index contributed by atoms with van der Waals surface area (Å²) >= 11 is 6.07. The average molecular weight is 409 g/mol. The van der Waals surface area contributed by atoms with Gasteiger partial charge in [-0.15, -0.1) is 0 Å². The second-order valence-electron chi connectivity index (χ2n) is 6.41. The molecule has 1 saturated heterocycles. The first kappa shape index (κ1) is 19.7. The Bertz CT molecular complexity index is 960. The smallest absolute Gasteiger partial charge is 0.245 e. The van der Waals surface area contributed by atoms with E-state index in [1.165, 1.54) is 16.3 Å². The van der Waals surface area contributed by atoms with Crippen LogP contribution in [0.1, 0.15) is 12.5 Å². The fourth-order valence-corrected chi connectivity index (χ4v) is 4.88. The highest BCUT2D eigenvalue weighted by Gasteiger charge is 2.40. The first-order chi connectivity index (χ1) is 12.8. The van der Waals surface area contributed by atoms with Crippen molar-refractivity contribution in [1.82, 2.24) is 4.31 Å². The van der Waals surface area contributed by atoms with Gasteiger partial charge in [-0.3, -0.25) is 4.79 Å². The zero-order chi connectivity index (χ0) is 19.8. The molecule has 1 amide bonds. The lowest BCUT2D eigenvalue weighted by molar-refractivity contribution is -0.123. The summed E-state index contributed by atoms with van der Waals surface area (Å²) in [5.74, 6) is 0.187. The number of carbonyl (C=O) groups excluding carboxylic acids is 1. The van der Waals surface area contributed by atoms with Crippen molar-refractivity contribution in [1.29, 1.82) is 0 Å². The lowest BCUT2D eigenvalue weighted by Gasteiger charge is -2.38. The lowest BCUT2D eigenvalue weighted by Crippen LogP contribution is -2.57. The van der Waals surface area contributed by atoms with Gasteiger partial charge >= 0.3 is 0 Å². The second-order valence-corrected chi connectivity index (χ2v) is 8.74. The van der Waals surface area contributed by atoms with Crippen LogP contribution >= 0.6 is 11.6 Å². The van der Waals surface area contributed by atoms with E-state index in [4.69, 9.17) is 16.3 Å². The molecule has 1 heterocycles. The highest BCUT2D eigenvalue weighted by Crippen LogP contribution is 2.34. The number of halogens is 1. The number of benzene rings is 2. The molecule has 0 bridgehead atoms. The Morgan fingerprint density at radius 1 is 1.11 bits per heavy atom. The summed E-state index contributed by atoms with van der Waals surface area (Å²) < 4.78 is 32.5. The van der Waals surface area contributed by atoms with E-state index < -0.39 is 16.1 Å². The Morgan fingerprint density at radius 2 is 1.78 bits per heavy atom. The number of carbonyl (C=O) groups is 1. The molecule has 0 radical (unpaired) electrons. The van der Waals surface area contributed by atoms with Crippen molar-refractivity contribution in [3.8, 4) is 5.75 Å². The van der Waals surface area contributed by atoms with Gasteiger partial charge in [-0.05, 0) is 44.2 Å². The number of ether oxygens (including phenoxy) is 1. The molecule has 0 saturated carbocycles. The van der Waals surface area contributed by atoms with Crippen LogP contribution in [0, 0.1) is 6.92 Å². The Morgan fingerprint density at radius 3 is 2.41 bits per heavy atom. The fourth-order valence-electron chi connectivity index (χ4n) is 3.14. The normalized spacial score (nSPS) is 18.6. The molecule has 1 unspecified atom stereocenters. The van der Waals surface area contributed by atoms with Crippen LogP contribution in [0.5, 0.6) is 5.75 Å². The van der Waals surface area contributed by atoms with E-state index in [-0.39, 0.29) is 23.9 Å². The fraction of sp³-hybridized carbons (Fsp3) is 0.316. The predicted molar refractivity (Wildman–Crippen MR) is 105 cm³/mol. The zero-order valence-corrected chi connectivity index (χ0v) is 16.9. The number of hydrogen-bond donors (Lipinski definition) is 0. The van der Waals surface area contributed by atoms with Crippen LogP contribution in [0.25, 0.3) is 0 Å². The van der Waals surface area contributed by atoms with Crippen LogP contribution in [0.2, 0.25) is 5.02 Å². The first-order valence-electron chi connectivity index (χ1n) is 8.49. The van der Waals surface area contributed by atoms with E-state index in [1.54, 1.807) is 49.4 Å². The minimum atomic E-state index is -3.76. The van der Waals surface area contributed by atoms with E-state index in [2.05, 4.69) is 0 Å². The van der Waals surface area contributed by atoms with E-state index in [0.29, 0.717) is 16.5 Å². The van der Waals surface area contributed by atoms with Crippen molar-refractivity contribution in [2.24, 2.45) is 0 Å². The maximum atomic E-state index is 13.0. The number of sulfonamides is 1. The number of methoxy groups -OCH3 is 1. The molecule has 6 nitrogen and oxygen atoms in total. The average Bonchev–Trinajstić information content (AvgIpc) is 2.64. The van der Waals surface area contributed by atoms with Crippen LogP contribution in [0.3, 0.4) is 0 Å². The quantitative estimate of drug-likeness (QED) is 0.779.